The summed E-state index contributed by atoms with van der Waals surface area (Å²) in [5.41, 5.74) is 3.23. The Morgan fingerprint density at radius 1 is 1.41 bits per heavy atom. The van der Waals surface area contributed by atoms with Crippen LogP contribution in [0.5, 0.6) is 0 Å². The molecule has 1 unspecified atom stereocenters. The van der Waals surface area contributed by atoms with Gasteiger partial charge in [0, 0.05) is 28.9 Å². The third-order valence-corrected chi connectivity index (χ3v) is 3.54. The van der Waals surface area contributed by atoms with Crippen LogP contribution < -0.4 is 5.32 Å². The standard InChI is InChI=1S/C13H17N3S/c1-4-14-10(3)12-8-17-13(16-12)11-6-5-9(2)15-7-11/h5-8,10,14H,4H2,1-3H3. The van der Waals surface area contributed by atoms with E-state index in [9.17, 15) is 0 Å². The summed E-state index contributed by atoms with van der Waals surface area (Å²) < 4.78 is 0. The molecule has 4 heteroatoms. The summed E-state index contributed by atoms with van der Waals surface area (Å²) in [6.45, 7) is 7.19. The second kappa shape index (κ2) is 5.38. The number of nitrogens with one attached hydrogen (secondary N) is 1. The lowest BCUT2D eigenvalue weighted by Crippen LogP contribution is -2.17. The SMILES string of the molecule is CCNC(C)c1csc(-c2ccc(C)nc2)n1. The summed E-state index contributed by atoms with van der Waals surface area (Å²) >= 11 is 1.67. The Labute approximate surface area is 106 Å². The van der Waals surface area contributed by atoms with Crippen LogP contribution >= 0.6 is 11.3 Å². The lowest BCUT2D eigenvalue weighted by atomic mass is 10.2. The molecule has 3 nitrogen and oxygen atoms in total. The van der Waals surface area contributed by atoms with Gasteiger partial charge in [-0.1, -0.05) is 6.92 Å². The molecule has 0 aliphatic heterocycles. The van der Waals surface area contributed by atoms with Crippen LogP contribution in [0.2, 0.25) is 0 Å². The van der Waals surface area contributed by atoms with Crippen LogP contribution in [0.25, 0.3) is 10.6 Å². The Kier molecular flexibility index (Phi) is 3.86. The van der Waals surface area contributed by atoms with Gasteiger partial charge in [0.15, 0.2) is 0 Å². The summed E-state index contributed by atoms with van der Waals surface area (Å²) in [5.74, 6) is 0. The molecule has 1 N–H and O–H groups in total. The number of nitrogens with zero attached hydrogens (tertiary/aromatic N) is 2. The van der Waals surface area contributed by atoms with Crippen LogP contribution in [-0.4, -0.2) is 16.5 Å². The number of hydrogen-bond donors (Lipinski definition) is 1. The van der Waals surface area contributed by atoms with Gasteiger partial charge < -0.3 is 5.32 Å². The van der Waals surface area contributed by atoms with Crippen molar-refractivity contribution in [1.82, 2.24) is 15.3 Å². The zero-order valence-electron chi connectivity index (χ0n) is 10.4. The number of thiazole rings is 1. The molecule has 2 aromatic rings. The number of hydrogen-bond acceptors (Lipinski definition) is 4. The molecule has 0 aliphatic rings. The quantitative estimate of drug-likeness (QED) is 0.901. The van der Waals surface area contributed by atoms with Crippen LogP contribution in [-0.2, 0) is 0 Å². The van der Waals surface area contributed by atoms with Gasteiger partial charge in [-0.3, -0.25) is 4.98 Å². The van der Waals surface area contributed by atoms with E-state index in [2.05, 4.69) is 40.6 Å². The van der Waals surface area contributed by atoms with Gasteiger partial charge in [-0.25, -0.2) is 4.98 Å². The van der Waals surface area contributed by atoms with Crippen LogP contribution in [0.1, 0.15) is 31.3 Å². The van der Waals surface area contributed by atoms with Gasteiger partial charge in [-0.2, -0.15) is 0 Å². The van der Waals surface area contributed by atoms with E-state index >= 15 is 0 Å². The highest BCUT2D eigenvalue weighted by Crippen LogP contribution is 2.25. The van der Waals surface area contributed by atoms with Gasteiger partial charge in [0.2, 0.25) is 0 Å². The Morgan fingerprint density at radius 3 is 2.88 bits per heavy atom. The molecule has 2 aromatic heterocycles. The van der Waals surface area contributed by atoms with E-state index < -0.39 is 0 Å². The predicted molar refractivity (Wildman–Crippen MR) is 72.2 cm³/mol. The second-order valence-electron chi connectivity index (χ2n) is 4.05. The van der Waals surface area contributed by atoms with Crippen LogP contribution in [0.3, 0.4) is 0 Å². The second-order valence-corrected chi connectivity index (χ2v) is 4.90. The summed E-state index contributed by atoms with van der Waals surface area (Å²) in [6, 6.07) is 4.40. The van der Waals surface area contributed by atoms with Crippen molar-refractivity contribution in [3.63, 3.8) is 0 Å². The maximum Gasteiger partial charge on any atom is 0.125 e. The smallest absolute Gasteiger partial charge is 0.125 e. The Balaban J connectivity index is 2.20. The van der Waals surface area contributed by atoms with Crippen molar-refractivity contribution < 1.29 is 0 Å². The molecule has 0 amide bonds. The number of pyridine rings is 1. The topological polar surface area (TPSA) is 37.8 Å². The zero-order chi connectivity index (χ0) is 12.3. The summed E-state index contributed by atoms with van der Waals surface area (Å²) in [4.78, 5) is 8.94. The first kappa shape index (κ1) is 12.2. The van der Waals surface area contributed by atoms with Crippen LogP contribution in [0, 0.1) is 6.92 Å². The van der Waals surface area contributed by atoms with E-state index in [4.69, 9.17) is 0 Å². The summed E-state index contributed by atoms with van der Waals surface area (Å²) in [7, 11) is 0. The van der Waals surface area contributed by atoms with Crippen molar-refractivity contribution in [1.29, 1.82) is 0 Å². The van der Waals surface area contributed by atoms with Gasteiger partial charge in [0.1, 0.15) is 5.01 Å². The molecule has 0 aliphatic carbocycles. The highest BCUT2D eigenvalue weighted by molar-refractivity contribution is 7.13. The molecule has 0 aromatic carbocycles. The molecule has 0 fully saturated rings. The van der Waals surface area contributed by atoms with Crippen molar-refractivity contribution in [2.45, 2.75) is 26.8 Å². The first-order chi connectivity index (χ1) is 8.20. The van der Waals surface area contributed by atoms with Crippen molar-refractivity contribution in [3.05, 3.63) is 35.1 Å². The van der Waals surface area contributed by atoms with Gasteiger partial charge in [0.05, 0.1) is 5.69 Å². The van der Waals surface area contributed by atoms with Crippen molar-refractivity contribution in [2.75, 3.05) is 6.54 Å². The molecule has 2 rings (SSSR count). The third-order valence-electron chi connectivity index (χ3n) is 2.63. The van der Waals surface area contributed by atoms with E-state index in [1.807, 2.05) is 19.2 Å². The molecular weight excluding hydrogens is 230 g/mol. The first-order valence-electron chi connectivity index (χ1n) is 5.82. The fourth-order valence-electron chi connectivity index (χ4n) is 1.62. The normalized spacial score (nSPS) is 12.6. The molecule has 2 heterocycles. The minimum Gasteiger partial charge on any atom is -0.309 e. The number of aryl methyl sites for hydroxylation is 1. The fraction of sp³-hybridized carbons (Fsp3) is 0.385. The number of aromatic nitrogens is 2. The van der Waals surface area contributed by atoms with Gasteiger partial charge in [-0.05, 0) is 32.5 Å². The van der Waals surface area contributed by atoms with E-state index in [1.54, 1.807) is 11.3 Å². The third kappa shape index (κ3) is 2.90. The fourth-order valence-corrected chi connectivity index (χ4v) is 2.53. The first-order valence-corrected chi connectivity index (χ1v) is 6.70. The van der Waals surface area contributed by atoms with Gasteiger partial charge in [-0.15, -0.1) is 11.3 Å². The predicted octanol–water partition coefficient (Wildman–Crippen LogP) is 3.18. The van der Waals surface area contributed by atoms with Crippen LogP contribution in [0.15, 0.2) is 23.7 Å². The molecule has 90 valence electrons. The average molecular weight is 247 g/mol. The van der Waals surface area contributed by atoms with Crippen molar-refractivity contribution >= 4 is 11.3 Å². The van der Waals surface area contributed by atoms with E-state index in [1.165, 1.54) is 0 Å². The Hall–Kier alpha value is -1.26. The minimum absolute atomic E-state index is 0.309. The monoisotopic (exact) mass is 247 g/mol. The van der Waals surface area contributed by atoms with Gasteiger partial charge in [0.25, 0.3) is 0 Å². The molecule has 0 bridgehead atoms. The molecule has 0 saturated carbocycles. The zero-order valence-corrected chi connectivity index (χ0v) is 11.2. The van der Waals surface area contributed by atoms with Crippen molar-refractivity contribution in [2.24, 2.45) is 0 Å². The highest BCUT2D eigenvalue weighted by atomic mass is 32.1. The Morgan fingerprint density at radius 2 is 2.24 bits per heavy atom. The molecule has 0 spiro atoms. The minimum atomic E-state index is 0.309. The maximum atomic E-state index is 4.64. The molecule has 0 radical (unpaired) electrons. The maximum absolute atomic E-state index is 4.64. The summed E-state index contributed by atoms with van der Waals surface area (Å²) in [5, 5.41) is 6.52. The van der Waals surface area contributed by atoms with E-state index in [0.29, 0.717) is 6.04 Å². The highest BCUT2D eigenvalue weighted by Gasteiger charge is 2.10. The lowest BCUT2D eigenvalue weighted by molar-refractivity contribution is 0.587. The van der Waals surface area contributed by atoms with Crippen molar-refractivity contribution in [3.8, 4) is 10.6 Å². The average Bonchev–Trinajstić information content (AvgIpc) is 2.80. The summed E-state index contributed by atoms with van der Waals surface area (Å²) in [6.07, 6.45) is 1.88. The molecular formula is C13H17N3S. The largest absolute Gasteiger partial charge is 0.309 e. The molecule has 17 heavy (non-hydrogen) atoms. The van der Waals surface area contributed by atoms with Crippen LogP contribution in [0.4, 0.5) is 0 Å². The molecule has 0 saturated heterocycles. The lowest BCUT2D eigenvalue weighted by Gasteiger charge is -2.08. The molecule has 1 atom stereocenters. The Bertz CT molecular complexity index is 476. The number of rotatable bonds is 4. The van der Waals surface area contributed by atoms with Gasteiger partial charge >= 0.3 is 0 Å². The van der Waals surface area contributed by atoms with E-state index in [0.717, 1.165) is 28.5 Å². The van der Waals surface area contributed by atoms with E-state index in [-0.39, 0.29) is 0 Å².